The summed E-state index contributed by atoms with van der Waals surface area (Å²) in [5.41, 5.74) is 1.10. The van der Waals surface area contributed by atoms with Crippen molar-refractivity contribution in [2.24, 2.45) is 0 Å². The van der Waals surface area contributed by atoms with Crippen LogP contribution in [0.15, 0.2) is 66.7 Å². The maximum atomic E-state index is 12.2. The Morgan fingerprint density at radius 1 is 0.806 bits per heavy atom. The molecule has 0 aliphatic heterocycles. The number of ether oxygens (including phenoxy) is 3. The van der Waals surface area contributed by atoms with Gasteiger partial charge in [-0.05, 0) is 61.0 Å². The highest BCUT2D eigenvalue weighted by atomic mass is 35.5. The molecule has 0 saturated carbocycles. The van der Waals surface area contributed by atoms with Gasteiger partial charge in [0.2, 0.25) is 5.91 Å². The second kappa shape index (κ2) is 13.4. The van der Waals surface area contributed by atoms with Gasteiger partial charge in [0.05, 0.1) is 12.1 Å². The topological polar surface area (TPSA) is 103 Å². The molecule has 0 heterocycles. The van der Waals surface area contributed by atoms with Crippen molar-refractivity contribution >= 4 is 52.4 Å². The molecule has 0 aromatic heterocycles. The first-order chi connectivity index (χ1) is 17.3. The summed E-state index contributed by atoms with van der Waals surface area (Å²) in [6.45, 7) is -0.419. The molecular formula is C26H24Cl2N2O6. The monoisotopic (exact) mass is 530 g/mol. The fourth-order valence-electron chi connectivity index (χ4n) is 3.02. The molecule has 0 bridgehead atoms. The summed E-state index contributed by atoms with van der Waals surface area (Å²) in [4.78, 5) is 36.0. The lowest BCUT2D eigenvalue weighted by Crippen LogP contribution is -2.21. The van der Waals surface area contributed by atoms with Gasteiger partial charge in [-0.3, -0.25) is 14.4 Å². The molecule has 188 valence electrons. The summed E-state index contributed by atoms with van der Waals surface area (Å²) in [5, 5.41) is 6.26. The number of esters is 1. The number of benzene rings is 3. The second-order valence-electron chi connectivity index (χ2n) is 7.54. The normalized spacial score (nSPS) is 10.3. The third-order valence-electron chi connectivity index (χ3n) is 4.76. The molecule has 0 unspecified atom stereocenters. The SMILES string of the molecule is COc1cccc(NC(=O)COC(=O)CCCC(=O)Nc2ccc(Oc3ccc(Cl)cc3Cl)cc2)c1. The fraction of sp³-hybridized carbons (Fsp3) is 0.192. The van der Waals surface area contributed by atoms with E-state index < -0.39 is 18.5 Å². The number of methoxy groups -OCH3 is 1. The molecule has 36 heavy (non-hydrogen) atoms. The minimum Gasteiger partial charge on any atom is -0.497 e. The van der Waals surface area contributed by atoms with Gasteiger partial charge in [-0.15, -0.1) is 0 Å². The maximum absolute atomic E-state index is 12.2. The van der Waals surface area contributed by atoms with Crippen molar-refractivity contribution in [3.8, 4) is 17.2 Å². The molecule has 2 amide bonds. The third kappa shape index (κ3) is 8.79. The summed E-state index contributed by atoms with van der Waals surface area (Å²) in [6.07, 6.45) is 0.399. The van der Waals surface area contributed by atoms with Crippen molar-refractivity contribution in [1.82, 2.24) is 0 Å². The molecule has 10 heteroatoms. The first kappa shape index (κ1) is 26.8. The van der Waals surface area contributed by atoms with E-state index in [-0.39, 0.29) is 25.2 Å². The zero-order valence-corrected chi connectivity index (χ0v) is 20.9. The van der Waals surface area contributed by atoms with Gasteiger partial charge in [-0.1, -0.05) is 29.3 Å². The molecular weight excluding hydrogens is 507 g/mol. The van der Waals surface area contributed by atoms with Crippen molar-refractivity contribution < 1.29 is 28.6 Å². The number of carbonyl (C=O) groups excluding carboxylic acids is 3. The molecule has 0 aliphatic rings. The van der Waals surface area contributed by atoms with E-state index in [0.29, 0.717) is 38.7 Å². The van der Waals surface area contributed by atoms with Gasteiger partial charge in [-0.25, -0.2) is 0 Å². The van der Waals surface area contributed by atoms with Gasteiger partial charge in [0.15, 0.2) is 6.61 Å². The van der Waals surface area contributed by atoms with Crippen molar-refractivity contribution in [3.63, 3.8) is 0 Å². The van der Waals surface area contributed by atoms with E-state index in [1.54, 1.807) is 66.7 Å². The lowest BCUT2D eigenvalue weighted by Gasteiger charge is -2.10. The summed E-state index contributed by atoms with van der Waals surface area (Å²) >= 11 is 12.0. The number of halogens is 2. The molecule has 0 aliphatic carbocycles. The molecule has 0 spiro atoms. The minimum atomic E-state index is -0.564. The molecule has 8 nitrogen and oxygen atoms in total. The number of anilines is 2. The molecule has 3 aromatic rings. The quantitative estimate of drug-likeness (QED) is 0.291. The smallest absolute Gasteiger partial charge is 0.306 e. The fourth-order valence-corrected chi connectivity index (χ4v) is 3.47. The number of hydrogen-bond acceptors (Lipinski definition) is 6. The molecule has 0 atom stereocenters. The highest BCUT2D eigenvalue weighted by Crippen LogP contribution is 2.32. The van der Waals surface area contributed by atoms with Crippen LogP contribution in [0.25, 0.3) is 0 Å². The standard InChI is InChI=1S/C26H24Cl2N2O6/c1-34-21-5-2-4-19(15-21)30-25(32)16-35-26(33)7-3-6-24(31)29-18-9-11-20(12-10-18)36-23-13-8-17(27)14-22(23)28/h2,4-5,8-15H,3,6-7,16H2,1H3,(H,29,31)(H,30,32). The first-order valence-electron chi connectivity index (χ1n) is 10.9. The maximum Gasteiger partial charge on any atom is 0.306 e. The third-order valence-corrected chi connectivity index (χ3v) is 5.29. The van der Waals surface area contributed by atoms with Crippen LogP contribution in [-0.4, -0.2) is 31.5 Å². The van der Waals surface area contributed by atoms with E-state index in [0.717, 1.165) is 0 Å². The number of amides is 2. The highest BCUT2D eigenvalue weighted by molar-refractivity contribution is 6.35. The van der Waals surface area contributed by atoms with Crippen molar-refractivity contribution in [1.29, 1.82) is 0 Å². The Morgan fingerprint density at radius 2 is 1.56 bits per heavy atom. The largest absolute Gasteiger partial charge is 0.497 e. The molecule has 0 fully saturated rings. The van der Waals surface area contributed by atoms with E-state index in [9.17, 15) is 14.4 Å². The van der Waals surface area contributed by atoms with E-state index in [1.807, 2.05) is 0 Å². The Bertz CT molecular complexity index is 1220. The lowest BCUT2D eigenvalue weighted by atomic mass is 10.2. The Hall–Kier alpha value is -3.75. The predicted octanol–water partition coefficient (Wildman–Crippen LogP) is 6.09. The number of hydrogen-bond donors (Lipinski definition) is 2. The Balaban J connectivity index is 1.34. The van der Waals surface area contributed by atoms with Crippen LogP contribution in [0.3, 0.4) is 0 Å². The zero-order chi connectivity index (χ0) is 25.9. The van der Waals surface area contributed by atoms with Gasteiger partial charge < -0.3 is 24.8 Å². The van der Waals surface area contributed by atoms with Gasteiger partial charge >= 0.3 is 5.97 Å². The van der Waals surface area contributed by atoms with Gasteiger partial charge in [-0.2, -0.15) is 0 Å². The first-order valence-corrected chi connectivity index (χ1v) is 11.7. The number of nitrogens with one attached hydrogen (secondary N) is 2. The van der Waals surface area contributed by atoms with Gasteiger partial charge in [0, 0.05) is 35.3 Å². The van der Waals surface area contributed by atoms with E-state index in [4.69, 9.17) is 37.4 Å². The molecule has 0 radical (unpaired) electrons. The molecule has 2 N–H and O–H groups in total. The van der Waals surface area contributed by atoms with Crippen LogP contribution in [0.4, 0.5) is 11.4 Å². The number of carbonyl (C=O) groups is 3. The van der Waals surface area contributed by atoms with Crippen LogP contribution < -0.4 is 20.1 Å². The number of rotatable bonds is 11. The van der Waals surface area contributed by atoms with Crippen LogP contribution in [0.2, 0.25) is 10.0 Å². The summed E-state index contributed by atoms with van der Waals surface area (Å²) in [5.74, 6) is 0.298. The molecule has 0 saturated heterocycles. The summed E-state index contributed by atoms with van der Waals surface area (Å²) in [7, 11) is 1.52. The molecule has 3 rings (SSSR count). The van der Waals surface area contributed by atoms with Crippen LogP contribution in [0.1, 0.15) is 19.3 Å². The van der Waals surface area contributed by atoms with E-state index in [2.05, 4.69) is 10.6 Å². The van der Waals surface area contributed by atoms with E-state index >= 15 is 0 Å². The highest BCUT2D eigenvalue weighted by Gasteiger charge is 2.11. The van der Waals surface area contributed by atoms with E-state index in [1.165, 1.54) is 7.11 Å². The second-order valence-corrected chi connectivity index (χ2v) is 8.39. The van der Waals surface area contributed by atoms with Crippen LogP contribution in [0, 0.1) is 0 Å². The Kier molecular flexibility index (Phi) is 9.97. The van der Waals surface area contributed by atoms with Gasteiger partial charge in [0.25, 0.3) is 5.91 Å². The average molecular weight is 531 g/mol. The zero-order valence-electron chi connectivity index (χ0n) is 19.4. The van der Waals surface area contributed by atoms with Crippen LogP contribution in [0.5, 0.6) is 17.2 Å². The van der Waals surface area contributed by atoms with Gasteiger partial charge in [0.1, 0.15) is 17.2 Å². The van der Waals surface area contributed by atoms with Crippen LogP contribution >= 0.6 is 23.2 Å². The van der Waals surface area contributed by atoms with Crippen molar-refractivity contribution in [2.45, 2.75) is 19.3 Å². The minimum absolute atomic E-state index is 0.00842. The molecule has 3 aromatic carbocycles. The predicted molar refractivity (Wildman–Crippen MR) is 138 cm³/mol. The summed E-state index contributed by atoms with van der Waals surface area (Å²) in [6, 6.07) is 18.5. The Labute approximate surface area is 218 Å². The van der Waals surface area contributed by atoms with Crippen LogP contribution in [-0.2, 0) is 19.1 Å². The van der Waals surface area contributed by atoms with Crippen molar-refractivity contribution in [3.05, 3.63) is 76.8 Å². The average Bonchev–Trinajstić information content (AvgIpc) is 2.85. The Morgan fingerprint density at radius 3 is 2.28 bits per heavy atom. The summed E-state index contributed by atoms with van der Waals surface area (Å²) < 4.78 is 15.8. The van der Waals surface area contributed by atoms with Crippen molar-refractivity contribution in [2.75, 3.05) is 24.4 Å². The lowest BCUT2D eigenvalue weighted by molar-refractivity contribution is -0.147.